The highest BCUT2D eigenvalue weighted by Gasteiger charge is 2.05. The molecule has 82 valence electrons. The van der Waals surface area contributed by atoms with Gasteiger partial charge in [-0.1, -0.05) is 6.92 Å². The first-order valence-electron chi connectivity index (χ1n) is 5.16. The van der Waals surface area contributed by atoms with Crippen molar-refractivity contribution in [2.24, 2.45) is 0 Å². The van der Waals surface area contributed by atoms with Gasteiger partial charge in [-0.3, -0.25) is 4.79 Å². The monoisotopic (exact) mass is 208 g/mol. The summed E-state index contributed by atoms with van der Waals surface area (Å²) in [6.07, 6.45) is 4.27. The molecular formula is C11H16N2O2. The van der Waals surface area contributed by atoms with E-state index in [1.54, 1.807) is 0 Å². The van der Waals surface area contributed by atoms with Crippen molar-refractivity contribution in [3.8, 4) is 0 Å². The van der Waals surface area contributed by atoms with Crippen LogP contribution in [0.2, 0.25) is 0 Å². The van der Waals surface area contributed by atoms with Crippen molar-refractivity contribution in [2.75, 3.05) is 0 Å². The van der Waals surface area contributed by atoms with Crippen LogP contribution in [0, 0.1) is 6.92 Å². The molecule has 0 saturated carbocycles. The summed E-state index contributed by atoms with van der Waals surface area (Å²) in [4.78, 5) is 18.8. The highest BCUT2D eigenvalue weighted by atomic mass is 16.4. The first-order chi connectivity index (χ1) is 7.13. The quantitative estimate of drug-likeness (QED) is 0.800. The van der Waals surface area contributed by atoms with Gasteiger partial charge in [0.15, 0.2) is 0 Å². The molecule has 0 bridgehead atoms. The van der Waals surface area contributed by atoms with Crippen molar-refractivity contribution >= 4 is 5.97 Å². The smallest absolute Gasteiger partial charge is 0.303 e. The minimum absolute atomic E-state index is 0.205. The number of aromatic nitrogens is 2. The van der Waals surface area contributed by atoms with Crippen LogP contribution >= 0.6 is 0 Å². The maximum absolute atomic E-state index is 10.4. The molecule has 0 atom stereocenters. The van der Waals surface area contributed by atoms with Crippen LogP contribution in [0.3, 0.4) is 0 Å². The van der Waals surface area contributed by atoms with E-state index in [9.17, 15) is 4.79 Å². The molecule has 0 fully saturated rings. The number of aliphatic carboxylic acids is 1. The molecule has 1 aromatic rings. The van der Waals surface area contributed by atoms with Gasteiger partial charge in [-0.2, -0.15) is 0 Å². The van der Waals surface area contributed by atoms with Gasteiger partial charge in [0.2, 0.25) is 0 Å². The first-order valence-corrected chi connectivity index (χ1v) is 5.16. The van der Waals surface area contributed by atoms with E-state index in [2.05, 4.69) is 9.97 Å². The number of rotatable bonds is 5. The lowest BCUT2D eigenvalue weighted by Gasteiger charge is -2.06. The van der Waals surface area contributed by atoms with Gasteiger partial charge in [-0.25, -0.2) is 9.97 Å². The normalized spacial score (nSPS) is 10.3. The van der Waals surface area contributed by atoms with Crippen LogP contribution in [-0.2, 0) is 17.6 Å². The molecule has 1 N–H and O–H groups in total. The second-order valence-corrected chi connectivity index (χ2v) is 3.49. The molecule has 0 spiro atoms. The van der Waals surface area contributed by atoms with Crippen LogP contribution in [0.4, 0.5) is 0 Å². The summed E-state index contributed by atoms with van der Waals surface area (Å²) in [7, 11) is 0. The Bertz CT molecular complexity index is 350. The second kappa shape index (κ2) is 5.44. The van der Waals surface area contributed by atoms with Crippen LogP contribution in [0.1, 0.15) is 36.8 Å². The Labute approximate surface area is 89.4 Å². The highest BCUT2D eigenvalue weighted by molar-refractivity contribution is 5.66. The summed E-state index contributed by atoms with van der Waals surface area (Å²) in [5.41, 5.74) is 2.11. The molecule has 15 heavy (non-hydrogen) atoms. The Morgan fingerprint density at radius 1 is 1.53 bits per heavy atom. The van der Waals surface area contributed by atoms with Gasteiger partial charge in [0.05, 0.1) is 0 Å². The number of carbonyl (C=O) groups is 1. The molecular weight excluding hydrogens is 192 g/mol. The lowest BCUT2D eigenvalue weighted by molar-refractivity contribution is -0.137. The standard InChI is InChI=1S/C11H16N2O2/c1-3-10-9(5-4-6-11(14)15)7-12-8(2)13-10/h7H,3-6H2,1-2H3,(H,14,15). The molecule has 0 unspecified atom stereocenters. The molecule has 4 nitrogen and oxygen atoms in total. The molecule has 4 heteroatoms. The van der Waals surface area contributed by atoms with Gasteiger partial charge in [0.1, 0.15) is 5.82 Å². The molecule has 0 radical (unpaired) electrons. The summed E-state index contributed by atoms with van der Waals surface area (Å²) in [5, 5.41) is 8.53. The fourth-order valence-corrected chi connectivity index (χ4v) is 1.49. The zero-order chi connectivity index (χ0) is 11.3. The van der Waals surface area contributed by atoms with Crippen molar-refractivity contribution in [3.63, 3.8) is 0 Å². The average Bonchev–Trinajstić information content (AvgIpc) is 2.19. The number of aryl methyl sites for hydroxylation is 3. The van der Waals surface area contributed by atoms with Crippen LogP contribution in [-0.4, -0.2) is 21.0 Å². The fourth-order valence-electron chi connectivity index (χ4n) is 1.49. The van der Waals surface area contributed by atoms with Crippen LogP contribution in [0.5, 0.6) is 0 Å². The van der Waals surface area contributed by atoms with Crippen molar-refractivity contribution in [1.29, 1.82) is 0 Å². The van der Waals surface area contributed by atoms with Crippen LogP contribution in [0.25, 0.3) is 0 Å². The summed E-state index contributed by atoms with van der Waals surface area (Å²) in [6.45, 7) is 3.91. The van der Waals surface area contributed by atoms with Crippen molar-refractivity contribution in [1.82, 2.24) is 9.97 Å². The van der Waals surface area contributed by atoms with E-state index in [-0.39, 0.29) is 6.42 Å². The van der Waals surface area contributed by atoms with Crippen LogP contribution < -0.4 is 0 Å². The Morgan fingerprint density at radius 3 is 2.87 bits per heavy atom. The molecule has 0 aliphatic rings. The van der Waals surface area contributed by atoms with E-state index in [4.69, 9.17) is 5.11 Å². The van der Waals surface area contributed by atoms with Gasteiger partial charge in [-0.05, 0) is 31.7 Å². The van der Waals surface area contributed by atoms with Crippen LogP contribution in [0.15, 0.2) is 6.20 Å². The largest absolute Gasteiger partial charge is 0.481 e. The third kappa shape index (κ3) is 3.65. The van der Waals surface area contributed by atoms with Gasteiger partial charge >= 0.3 is 5.97 Å². The second-order valence-electron chi connectivity index (χ2n) is 3.49. The molecule has 1 heterocycles. The SMILES string of the molecule is CCc1nc(C)ncc1CCCC(=O)O. The zero-order valence-electron chi connectivity index (χ0n) is 9.16. The van der Waals surface area contributed by atoms with Crippen molar-refractivity contribution in [3.05, 3.63) is 23.3 Å². The lowest BCUT2D eigenvalue weighted by atomic mass is 10.1. The Hall–Kier alpha value is -1.45. The number of hydrogen-bond acceptors (Lipinski definition) is 3. The van der Waals surface area contributed by atoms with E-state index in [0.29, 0.717) is 6.42 Å². The fraction of sp³-hybridized carbons (Fsp3) is 0.545. The summed E-state index contributed by atoms with van der Waals surface area (Å²) >= 11 is 0. The van der Waals surface area contributed by atoms with E-state index < -0.39 is 5.97 Å². The Morgan fingerprint density at radius 2 is 2.27 bits per heavy atom. The average molecular weight is 208 g/mol. The minimum atomic E-state index is -0.749. The molecule has 1 aromatic heterocycles. The number of carboxylic acids is 1. The topological polar surface area (TPSA) is 63.1 Å². The summed E-state index contributed by atoms with van der Waals surface area (Å²) in [5.74, 6) is 0.0231. The number of hydrogen-bond donors (Lipinski definition) is 1. The van der Waals surface area contributed by atoms with Crippen molar-refractivity contribution in [2.45, 2.75) is 39.5 Å². The Kier molecular flexibility index (Phi) is 4.21. The summed E-state index contributed by atoms with van der Waals surface area (Å²) < 4.78 is 0. The number of carboxylic acid groups (broad SMARTS) is 1. The predicted octanol–water partition coefficient (Wildman–Crippen LogP) is 1.75. The van der Waals surface area contributed by atoms with E-state index in [1.807, 2.05) is 20.0 Å². The molecule has 0 amide bonds. The van der Waals surface area contributed by atoms with Gasteiger partial charge < -0.3 is 5.11 Å². The van der Waals surface area contributed by atoms with Crippen molar-refractivity contribution < 1.29 is 9.90 Å². The Balaban J connectivity index is 2.63. The number of nitrogens with zero attached hydrogens (tertiary/aromatic N) is 2. The van der Waals surface area contributed by atoms with E-state index >= 15 is 0 Å². The molecule has 0 saturated heterocycles. The highest BCUT2D eigenvalue weighted by Crippen LogP contribution is 2.10. The lowest BCUT2D eigenvalue weighted by Crippen LogP contribution is -2.02. The zero-order valence-corrected chi connectivity index (χ0v) is 9.16. The molecule has 0 aromatic carbocycles. The van der Waals surface area contributed by atoms with Gasteiger partial charge in [0.25, 0.3) is 0 Å². The van der Waals surface area contributed by atoms with E-state index in [1.165, 1.54) is 0 Å². The van der Waals surface area contributed by atoms with Gasteiger partial charge in [0, 0.05) is 18.3 Å². The maximum atomic E-state index is 10.4. The molecule has 0 aliphatic heterocycles. The minimum Gasteiger partial charge on any atom is -0.481 e. The van der Waals surface area contributed by atoms with E-state index in [0.717, 1.165) is 29.9 Å². The maximum Gasteiger partial charge on any atom is 0.303 e. The third-order valence-corrected chi connectivity index (χ3v) is 2.25. The summed E-state index contributed by atoms with van der Waals surface area (Å²) in [6, 6.07) is 0. The third-order valence-electron chi connectivity index (χ3n) is 2.25. The molecule has 1 rings (SSSR count). The molecule has 0 aliphatic carbocycles. The first kappa shape index (κ1) is 11.6. The predicted molar refractivity (Wildman–Crippen MR) is 56.7 cm³/mol. The van der Waals surface area contributed by atoms with Gasteiger partial charge in [-0.15, -0.1) is 0 Å².